The maximum atomic E-state index is 13.0. The van der Waals surface area contributed by atoms with Crippen LogP contribution in [0, 0.1) is 5.82 Å². The number of hydrogen-bond donors (Lipinski definition) is 2. The molecule has 0 spiro atoms. The highest BCUT2D eigenvalue weighted by Crippen LogP contribution is 2.20. The van der Waals surface area contributed by atoms with E-state index in [0.29, 0.717) is 41.3 Å². The number of halogens is 1. The van der Waals surface area contributed by atoms with E-state index < -0.39 is 17.4 Å². The Kier molecular flexibility index (Phi) is 6.43. The number of carbonyl (C=O) groups excluding carboxylic acids is 1. The van der Waals surface area contributed by atoms with Gasteiger partial charge in [0.2, 0.25) is 11.1 Å². The Hall–Kier alpha value is -3.69. The van der Waals surface area contributed by atoms with Crippen LogP contribution in [-0.4, -0.2) is 34.1 Å². The summed E-state index contributed by atoms with van der Waals surface area (Å²) >= 11 is 0. The Morgan fingerprint density at radius 3 is 2.73 bits per heavy atom. The van der Waals surface area contributed by atoms with Crippen molar-refractivity contribution in [3.05, 3.63) is 93.6 Å². The first-order chi connectivity index (χ1) is 15.8. The molecule has 3 heterocycles. The van der Waals surface area contributed by atoms with Gasteiger partial charge in [-0.25, -0.2) is 4.39 Å². The number of benzene rings is 1. The van der Waals surface area contributed by atoms with Crippen molar-refractivity contribution < 1.29 is 23.1 Å². The van der Waals surface area contributed by atoms with Gasteiger partial charge in [-0.3, -0.25) is 14.5 Å². The fourth-order valence-electron chi connectivity index (χ4n) is 3.63. The number of furan rings is 2. The van der Waals surface area contributed by atoms with Gasteiger partial charge in [-0.05, 0) is 42.9 Å². The molecule has 0 aliphatic carbocycles. The highest BCUT2D eigenvalue weighted by atomic mass is 19.1. The molecule has 0 radical (unpaired) electrons. The lowest BCUT2D eigenvalue weighted by molar-refractivity contribution is 0.0949. The van der Waals surface area contributed by atoms with Gasteiger partial charge in [0.25, 0.3) is 5.91 Å². The summed E-state index contributed by atoms with van der Waals surface area (Å²) in [6.45, 7) is 0.815. The number of amides is 1. The minimum atomic E-state index is -0.794. The number of aliphatic hydroxyl groups excluding tert-OH is 1. The molecule has 0 saturated carbocycles. The van der Waals surface area contributed by atoms with E-state index >= 15 is 0 Å². The van der Waals surface area contributed by atoms with Gasteiger partial charge >= 0.3 is 0 Å². The number of carbonyl (C=O) groups is 1. The summed E-state index contributed by atoms with van der Waals surface area (Å²) in [4.78, 5) is 27.4. The number of nitrogens with one attached hydrogen (secondary N) is 1. The summed E-state index contributed by atoms with van der Waals surface area (Å²) in [5.41, 5.74) is 0.618. The highest BCUT2D eigenvalue weighted by Gasteiger charge is 2.19. The van der Waals surface area contributed by atoms with Gasteiger partial charge in [-0.2, -0.15) is 0 Å². The molecule has 0 aliphatic heterocycles. The summed E-state index contributed by atoms with van der Waals surface area (Å²) in [5.74, 6) is 0.108. The smallest absolute Gasteiger partial charge is 0.257 e. The second kappa shape index (κ2) is 9.43. The third kappa shape index (κ3) is 5.05. The van der Waals surface area contributed by atoms with E-state index in [9.17, 15) is 19.1 Å². The minimum absolute atomic E-state index is 0.0129. The largest absolute Gasteiger partial charge is 0.467 e. The fraction of sp³-hybridized carbons (Fsp3) is 0.250. The molecular formula is C24H24FN3O5. The van der Waals surface area contributed by atoms with Crippen molar-refractivity contribution in [1.29, 1.82) is 0 Å². The molecule has 0 unspecified atom stereocenters. The molecule has 3 aromatic heterocycles. The monoisotopic (exact) mass is 453 g/mol. The van der Waals surface area contributed by atoms with Crippen LogP contribution in [0.2, 0.25) is 0 Å². The number of aliphatic hydroxyl groups is 1. The molecule has 9 heteroatoms. The van der Waals surface area contributed by atoms with Crippen molar-refractivity contribution in [1.82, 2.24) is 14.8 Å². The molecule has 0 saturated heterocycles. The molecule has 0 aliphatic rings. The summed E-state index contributed by atoms with van der Waals surface area (Å²) < 4.78 is 25.7. The number of likely N-dealkylation sites (N-methyl/N-ethyl adjacent to an activating group) is 1. The number of pyridine rings is 1. The second-order valence-corrected chi connectivity index (χ2v) is 7.95. The van der Waals surface area contributed by atoms with Crippen LogP contribution in [0.4, 0.5) is 4.39 Å². The summed E-state index contributed by atoms with van der Waals surface area (Å²) in [7, 11) is 3.50. The quantitative estimate of drug-likeness (QED) is 0.426. The maximum Gasteiger partial charge on any atom is 0.257 e. The molecule has 0 bridgehead atoms. The number of aromatic nitrogens is 1. The Morgan fingerprint density at radius 2 is 2.03 bits per heavy atom. The fourth-order valence-corrected chi connectivity index (χ4v) is 3.63. The summed E-state index contributed by atoms with van der Waals surface area (Å²) in [5, 5.41) is 13.2. The predicted octanol–water partition coefficient (Wildman–Crippen LogP) is 2.96. The number of fused-ring (bicyclic) bond motifs is 1. The summed E-state index contributed by atoms with van der Waals surface area (Å²) in [6.07, 6.45) is 2.14. The SMILES string of the molecule is CN(Cc1cc2c(=O)c(C(=O)NCc3ccc(F)cc3)cn(C)c2o1)C[C@@H](O)c1ccco1. The average molecular weight is 453 g/mol. The summed E-state index contributed by atoms with van der Waals surface area (Å²) in [6, 6.07) is 10.8. The van der Waals surface area contributed by atoms with Crippen LogP contribution in [0.3, 0.4) is 0 Å². The van der Waals surface area contributed by atoms with Crippen LogP contribution < -0.4 is 10.7 Å². The van der Waals surface area contributed by atoms with Gasteiger partial charge in [0.1, 0.15) is 29.0 Å². The molecule has 1 aromatic carbocycles. The van der Waals surface area contributed by atoms with E-state index in [2.05, 4.69) is 5.32 Å². The molecule has 4 rings (SSSR count). The normalized spacial score (nSPS) is 12.4. The van der Waals surface area contributed by atoms with Crippen LogP contribution in [-0.2, 0) is 20.1 Å². The number of hydrogen-bond acceptors (Lipinski definition) is 6. The number of aryl methyl sites for hydroxylation is 1. The predicted molar refractivity (Wildman–Crippen MR) is 119 cm³/mol. The van der Waals surface area contributed by atoms with Gasteiger partial charge in [0.05, 0.1) is 18.2 Å². The first-order valence-corrected chi connectivity index (χ1v) is 10.4. The van der Waals surface area contributed by atoms with E-state index in [1.54, 1.807) is 41.9 Å². The van der Waals surface area contributed by atoms with E-state index in [-0.39, 0.29) is 17.9 Å². The minimum Gasteiger partial charge on any atom is -0.467 e. The second-order valence-electron chi connectivity index (χ2n) is 7.95. The van der Waals surface area contributed by atoms with Gasteiger partial charge in [-0.1, -0.05) is 12.1 Å². The topological polar surface area (TPSA) is 101 Å². The van der Waals surface area contributed by atoms with E-state index in [1.165, 1.54) is 24.6 Å². The lowest BCUT2D eigenvalue weighted by Gasteiger charge is -2.18. The zero-order valence-corrected chi connectivity index (χ0v) is 18.2. The van der Waals surface area contributed by atoms with Crippen LogP contribution >= 0.6 is 0 Å². The Balaban J connectivity index is 1.49. The third-order valence-electron chi connectivity index (χ3n) is 5.29. The van der Waals surface area contributed by atoms with Crippen molar-refractivity contribution in [2.75, 3.05) is 13.6 Å². The standard InChI is InChI=1S/C24H24FN3O5/c1-27(14-20(29)21-4-3-9-32-21)12-17-10-18-22(30)19(13-28(2)24(18)33-17)23(31)26-11-15-5-7-16(25)8-6-15/h3-10,13,20,29H,11-12,14H2,1-2H3,(H,26,31)/t20-/m1/s1. The number of nitrogens with zero attached hydrogens (tertiary/aromatic N) is 2. The van der Waals surface area contributed by atoms with Crippen molar-refractivity contribution in [3.63, 3.8) is 0 Å². The first kappa shape index (κ1) is 22.5. The van der Waals surface area contributed by atoms with Crippen LogP contribution in [0.15, 0.2) is 68.6 Å². The van der Waals surface area contributed by atoms with Gasteiger partial charge in [0, 0.05) is 26.3 Å². The molecular weight excluding hydrogens is 429 g/mol. The zero-order valence-electron chi connectivity index (χ0n) is 18.2. The third-order valence-corrected chi connectivity index (χ3v) is 5.29. The Bertz CT molecular complexity index is 1310. The Labute approximate surface area is 188 Å². The van der Waals surface area contributed by atoms with E-state index in [1.807, 2.05) is 11.9 Å². The van der Waals surface area contributed by atoms with Gasteiger partial charge in [-0.15, -0.1) is 0 Å². The molecule has 33 heavy (non-hydrogen) atoms. The van der Waals surface area contributed by atoms with Crippen LogP contribution in [0.5, 0.6) is 0 Å². The molecule has 1 amide bonds. The maximum absolute atomic E-state index is 13.0. The van der Waals surface area contributed by atoms with Crippen LogP contribution in [0.25, 0.3) is 11.1 Å². The average Bonchev–Trinajstić information content (AvgIpc) is 3.46. The molecule has 8 nitrogen and oxygen atoms in total. The highest BCUT2D eigenvalue weighted by molar-refractivity contribution is 5.96. The molecule has 0 fully saturated rings. The van der Waals surface area contributed by atoms with Crippen molar-refractivity contribution in [2.45, 2.75) is 19.2 Å². The molecule has 2 N–H and O–H groups in total. The molecule has 1 atom stereocenters. The van der Waals surface area contributed by atoms with Crippen LogP contribution in [0.1, 0.15) is 33.5 Å². The van der Waals surface area contributed by atoms with Gasteiger partial charge in [0.15, 0.2) is 0 Å². The Morgan fingerprint density at radius 1 is 1.27 bits per heavy atom. The number of rotatable bonds is 8. The first-order valence-electron chi connectivity index (χ1n) is 10.4. The lowest BCUT2D eigenvalue weighted by atomic mass is 10.2. The van der Waals surface area contributed by atoms with E-state index in [4.69, 9.17) is 8.83 Å². The molecule has 172 valence electrons. The van der Waals surface area contributed by atoms with Crippen molar-refractivity contribution in [2.24, 2.45) is 7.05 Å². The lowest BCUT2D eigenvalue weighted by Crippen LogP contribution is -2.29. The molecule has 4 aromatic rings. The van der Waals surface area contributed by atoms with Gasteiger partial charge < -0.3 is 23.8 Å². The van der Waals surface area contributed by atoms with E-state index in [0.717, 1.165) is 0 Å². The van der Waals surface area contributed by atoms with Crippen molar-refractivity contribution in [3.8, 4) is 0 Å². The zero-order chi connectivity index (χ0) is 23.5. The van der Waals surface area contributed by atoms with Crippen molar-refractivity contribution >= 4 is 17.0 Å².